The Balaban J connectivity index is 2.58. The molecule has 0 unspecified atom stereocenters. The van der Waals surface area contributed by atoms with Gasteiger partial charge in [-0.2, -0.15) is 0 Å². The molecule has 0 radical (unpaired) electrons. The highest BCUT2D eigenvalue weighted by atomic mass is 19.3. The molecule has 3 amide bonds. The number of nitrogens with zero attached hydrogens (tertiary/aromatic N) is 2. The average Bonchev–Trinajstić information content (AvgIpc) is 2.46. The van der Waals surface area contributed by atoms with Gasteiger partial charge < -0.3 is 15.1 Å². The molecule has 1 fully saturated rings. The van der Waals surface area contributed by atoms with Gasteiger partial charge in [-0.1, -0.05) is 6.92 Å². The Bertz CT molecular complexity index is 380. The van der Waals surface area contributed by atoms with Gasteiger partial charge in [0.2, 0.25) is 5.91 Å². The lowest BCUT2D eigenvalue weighted by Crippen LogP contribution is -2.54. The van der Waals surface area contributed by atoms with Crippen molar-refractivity contribution >= 4 is 11.9 Å². The highest BCUT2D eigenvalue weighted by molar-refractivity contribution is 5.87. The monoisotopic (exact) mass is 319 g/mol. The van der Waals surface area contributed by atoms with Gasteiger partial charge in [0.1, 0.15) is 6.04 Å². The lowest BCUT2D eigenvalue weighted by atomic mass is 10.0. The highest BCUT2D eigenvalue weighted by Gasteiger charge is 2.29. The number of nitrogens with one attached hydrogen (secondary N) is 1. The van der Waals surface area contributed by atoms with Crippen molar-refractivity contribution in [3.05, 3.63) is 0 Å². The number of rotatable bonds is 6. The number of urea groups is 1. The number of alkyl halides is 2. The molecular formula is C15H27F2N3O2. The van der Waals surface area contributed by atoms with E-state index in [-0.39, 0.29) is 18.5 Å². The number of carbonyl (C=O) groups is 2. The molecule has 1 rings (SSSR count). The van der Waals surface area contributed by atoms with Crippen molar-refractivity contribution in [3.8, 4) is 0 Å². The molecule has 1 aliphatic rings. The first-order valence-electron chi connectivity index (χ1n) is 8.00. The minimum absolute atomic E-state index is 0.144. The Kier molecular flexibility index (Phi) is 7.55. The van der Waals surface area contributed by atoms with Crippen LogP contribution in [0.3, 0.4) is 0 Å². The van der Waals surface area contributed by atoms with Crippen LogP contribution in [-0.4, -0.2) is 59.9 Å². The van der Waals surface area contributed by atoms with Crippen molar-refractivity contribution < 1.29 is 18.4 Å². The second kappa shape index (κ2) is 8.90. The molecule has 0 bridgehead atoms. The molecule has 128 valence electrons. The largest absolute Gasteiger partial charge is 0.338 e. The van der Waals surface area contributed by atoms with Crippen molar-refractivity contribution in [2.24, 2.45) is 0 Å². The molecule has 1 aliphatic heterocycles. The SMILES string of the molecule is CCCN(CC(F)F)C(=O)N[C@H](C)C(=O)N1CCCC[C@H]1C. The second-order valence-electron chi connectivity index (χ2n) is 5.88. The van der Waals surface area contributed by atoms with Crippen LogP contribution < -0.4 is 5.32 Å². The molecule has 0 aliphatic carbocycles. The van der Waals surface area contributed by atoms with Gasteiger partial charge in [-0.3, -0.25) is 4.79 Å². The van der Waals surface area contributed by atoms with Crippen LogP contribution in [0.4, 0.5) is 13.6 Å². The third-order valence-electron chi connectivity index (χ3n) is 3.94. The van der Waals surface area contributed by atoms with Crippen molar-refractivity contribution in [2.75, 3.05) is 19.6 Å². The molecular weight excluding hydrogens is 292 g/mol. The van der Waals surface area contributed by atoms with Gasteiger partial charge in [0.15, 0.2) is 0 Å². The van der Waals surface area contributed by atoms with E-state index >= 15 is 0 Å². The fourth-order valence-electron chi connectivity index (χ4n) is 2.72. The van der Waals surface area contributed by atoms with E-state index in [1.165, 1.54) is 0 Å². The van der Waals surface area contributed by atoms with E-state index < -0.39 is 25.0 Å². The molecule has 0 aromatic rings. The van der Waals surface area contributed by atoms with Crippen molar-refractivity contribution in [2.45, 2.75) is 65.0 Å². The van der Waals surface area contributed by atoms with Crippen LogP contribution >= 0.6 is 0 Å². The number of hydrogen-bond acceptors (Lipinski definition) is 2. The van der Waals surface area contributed by atoms with Crippen molar-refractivity contribution in [3.63, 3.8) is 0 Å². The van der Waals surface area contributed by atoms with Crippen LogP contribution in [0.2, 0.25) is 0 Å². The van der Waals surface area contributed by atoms with E-state index in [4.69, 9.17) is 0 Å². The van der Waals surface area contributed by atoms with Gasteiger partial charge in [-0.15, -0.1) is 0 Å². The molecule has 1 N–H and O–H groups in total. The lowest BCUT2D eigenvalue weighted by Gasteiger charge is -2.35. The minimum atomic E-state index is -2.58. The van der Waals surface area contributed by atoms with E-state index in [0.717, 1.165) is 24.2 Å². The number of likely N-dealkylation sites (tertiary alicyclic amines) is 1. The summed E-state index contributed by atoms with van der Waals surface area (Å²) in [5.41, 5.74) is 0. The molecule has 0 aromatic carbocycles. The standard InChI is InChI=1S/C15H27F2N3O2/c1-4-8-19(10-13(16)17)15(22)18-12(3)14(21)20-9-6-5-7-11(20)2/h11-13H,4-10H2,1-3H3,(H,18,22)/t11-,12-/m1/s1. The van der Waals surface area contributed by atoms with Gasteiger partial charge in [0, 0.05) is 19.1 Å². The quantitative estimate of drug-likeness (QED) is 0.817. The van der Waals surface area contributed by atoms with Crippen LogP contribution in [-0.2, 0) is 4.79 Å². The molecule has 1 saturated heterocycles. The Morgan fingerprint density at radius 1 is 1.36 bits per heavy atom. The fourth-order valence-corrected chi connectivity index (χ4v) is 2.72. The number of piperidine rings is 1. The predicted molar refractivity (Wildman–Crippen MR) is 80.9 cm³/mol. The zero-order valence-electron chi connectivity index (χ0n) is 13.6. The first-order chi connectivity index (χ1) is 10.4. The Morgan fingerprint density at radius 3 is 2.59 bits per heavy atom. The summed E-state index contributed by atoms with van der Waals surface area (Å²) >= 11 is 0. The summed E-state index contributed by atoms with van der Waals surface area (Å²) in [5, 5.41) is 2.55. The lowest BCUT2D eigenvalue weighted by molar-refractivity contribution is -0.136. The van der Waals surface area contributed by atoms with Gasteiger partial charge >= 0.3 is 6.03 Å². The molecule has 0 saturated carbocycles. The number of hydrogen-bond donors (Lipinski definition) is 1. The van der Waals surface area contributed by atoms with E-state index in [0.29, 0.717) is 13.0 Å². The molecule has 5 nitrogen and oxygen atoms in total. The van der Waals surface area contributed by atoms with Gasteiger partial charge in [0.25, 0.3) is 6.43 Å². The fraction of sp³-hybridized carbons (Fsp3) is 0.867. The van der Waals surface area contributed by atoms with Crippen LogP contribution in [0.15, 0.2) is 0 Å². The van der Waals surface area contributed by atoms with Crippen LogP contribution in [0.5, 0.6) is 0 Å². The zero-order valence-corrected chi connectivity index (χ0v) is 13.6. The van der Waals surface area contributed by atoms with Crippen LogP contribution in [0.1, 0.15) is 46.5 Å². The normalized spacial score (nSPS) is 19.9. The summed E-state index contributed by atoms with van der Waals surface area (Å²) in [5.74, 6) is -0.144. The van der Waals surface area contributed by atoms with Gasteiger partial charge in [0.05, 0.1) is 6.54 Å². The molecule has 2 atom stereocenters. The van der Waals surface area contributed by atoms with Crippen molar-refractivity contribution in [1.82, 2.24) is 15.1 Å². The molecule has 22 heavy (non-hydrogen) atoms. The number of carbonyl (C=O) groups excluding carboxylic acids is 2. The first-order valence-corrected chi connectivity index (χ1v) is 8.00. The number of halogens is 2. The summed E-state index contributed by atoms with van der Waals surface area (Å²) in [6.07, 6.45) is 1.03. The maximum absolute atomic E-state index is 12.5. The Morgan fingerprint density at radius 2 is 2.05 bits per heavy atom. The maximum Gasteiger partial charge on any atom is 0.318 e. The summed E-state index contributed by atoms with van der Waals surface area (Å²) in [7, 11) is 0. The molecule has 7 heteroatoms. The third-order valence-corrected chi connectivity index (χ3v) is 3.94. The van der Waals surface area contributed by atoms with E-state index in [9.17, 15) is 18.4 Å². The summed E-state index contributed by atoms with van der Waals surface area (Å²) in [6.45, 7) is 5.74. The third kappa shape index (κ3) is 5.42. The van der Waals surface area contributed by atoms with Gasteiger partial charge in [-0.25, -0.2) is 13.6 Å². The zero-order chi connectivity index (χ0) is 16.7. The van der Waals surface area contributed by atoms with E-state index in [1.807, 2.05) is 13.8 Å². The first kappa shape index (κ1) is 18.6. The Hall–Kier alpha value is -1.40. The van der Waals surface area contributed by atoms with Crippen LogP contribution in [0.25, 0.3) is 0 Å². The molecule has 0 aromatic heterocycles. The summed E-state index contributed by atoms with van der Waals surface area (Å²) in [6, 6.07) is -1.15. The van der Waals surface area contributed by atoms with E-state index in [2.05, 4.69) is 5.32 Å². The minimum Gasteiger partial charge on any atom is -0.338 e. The summed E-state index contributed by atoms with van der Waals surface area (Å²) < 4.78 is 25.0. The average molecular weight is 319 g/mol. The molecule has 1 heterocycles. The maximum atomic E-state index is 12.5. The van der Waals surface area contributed by atoms with Crippen LogP contribution in [0, 0.1) is 0 Å². The van der Waals surface area contributed by atoms with Gasteiger partial charge in [-0.05, 0) is 39.5 Å². The van der Waals surface area contributed by atoms with E-state index in [1.54, 1.807) is 11.8 Å². The topological polar surface area (TPSA) is 52.7 Å². The highest BCUT2D eigenvalue weighted by Crippen LogP contribution is 2.17. The number of amides is 3. The summed E-state index contributed by atoms with van der Waals surface area (Å²) in [4.78, 5) is 27.3. The Labute approximate surface area is 131 Å². The predicted octanol–water partition coefficient (Wildman–Crippen LogP) is 2.46. The van der Waals surface area contributed by atoms with Crippen molar-refractivity contribution in [1.29, 1.82) is 0 Å². The molecule has 0 spiro atoms. The second-order valence-corrected chi connectivity index (χ2v) is 5.88. The smallest absolute Gasteiger partial charge is 0.318 e.